The Kier molecular flexibility index (Phi) is 6.96. The van der Waals surface area contributed by atoms with Gasteiger partial charge in [-0.2, -0.15) is 4.98 Å². The molecular weight excluding hydrogens is 502 g/mol. The van der Waals surface area contributed by atoms with E-state index in [0.717, 1.165) is 12.8 Å². The Labute approximate surface area is 221 Å². The highest BCUT2D eigenvalue weighted by Gasteiger charge is 2.26. The molecule has 5 rings (SSSR count). The maximum absolute atomic E-state index is 13.8. The fourth-order valence-corrected chi connectivity index (χ4v) is 4.21. The number of furan rings is 1. The Morgan fingerprint density at radius 1 is 0.949 bits per heavy atom. The van der Waals surface area contributed by atoms with Gasteiger partial charge in [0, 0.05) is 11.9 Å². The third kappa shape index (κ3) is 4.89. The first kappa shape index (κ1) is 25.5. The fraction of sp³-hybridized carbons (Fsp3) is 0.179. The Hall–Kier alpha value is -5.19. The van der Waals surface area contributed by atoms with Crippen molar-refractivity contribution in [2.24, 2.45) is 0 Å². The third-order valence-electron chi connectivity index (χ3n) is 6.13. The van der Waals surface area contributed by atoms with Crippen LogP contribution in [0.5, 0.6) is 0 Å². The number of anilines is 1. The van der Waals surface area contributed by atoms with E-state index in [2.05, 4.69) is 28.1 Å². The number of amides is 2. The number of nitrogens with zero attached hydrogens (tertiary/aromatic N) is 2. The van der Waals surface area contributed by atoms with E-state index in [1.54, 1.807) is 48.5 Å². The minimum absolute atomic E-state index is 0.0182. The van der Waals surface area contributed by atoms with Gasteiger partial charge in [0.05, 0.1) is 11.3 Å². The van der Waals surface area contributed by atoms with E-state index < -0.39 is 23.0 Å². The Balaban J connectivity index is 1.49. The van der Waals surface area contributed by atoms with Gasteiger partial charge in [-0.15, -0.1) is 0 Å². The van der Waals surface area contributed by atoms with Crippen molar-refractivity contribution in [1.82, 2.24) is 20.4 Å². The molecule has 11 nitrogen and oxygen atoms in total. The van der Waals surface area contributed by atoms with Crippen LogP contribution >= 0.6 is 0 Å². The lowest BCUT2D eigenvalue weighted by molar-refractivity contribution is 0.0844. The molecular formula is C28H25N5O6. The molecule has 5 aromatic rings. The first-order valence-electron chi connectivity index (χ1n) is 12.4. The minimum Gasteiger partial charge on any atom is -0.442 e. The molecule has 3 aromatic heterocycles. The average molecular weight is 528 g/mol. The van der Waals surface area contributed by atoms with Crippen molar-refractivity contribution in [3.05, 3.63) is 98.3 Å². The van der Waals surface area contributed by atoms with Crippen molar-refractivity contribution >= 4 is 39.8 Å². The molecule has 2 amide bonds. The van der Waals surface area contributed by atoms with Crippen molar-refractivity contribution in [3.63, 3.8) is 0 Å². The molecule has 3 heterocycles. The van der Waals surface area contributed by atoms with E-state index in [1.807, 2.05) is 6.07 Å². The van der Waals surface area contributed by atoms with Gasteiger partial charge < -0.3 is 14.2 Å². The summed E-state index contributed by atoms with van der Waals surface area (Å²) >= 11 is 0. The van der Waals surface area contributed by atoms with Gasteiger partial charge in [0.15, 0.2) is 0 Å². The average Bonchev–Trinajstić information content (AvgIpc) is 3.28. The molecule has 0 fully saturated rings. The lowest BCUT2D eigenvalue weighted by Gasteiger charge is -2.13. The van der Waals surface area contributed by atoms with Crippen LogP contribution in [0.2, 0.25) is 0 Å². The van der Waals surface area contributed by atoms with E-state index in [0.29, 0.717) is 23.2 Å². The topological polar surface area (TPSA) is 148 Å². The van der Waals surface area contributed by atoms with Gasteiger partial charge in [-0.1, -0.05) is 49.7 Å². The summed E-state index contributed by atoms with van der Waals surface area (Å²) in [4.78, 5) is 56.5. The molecule has 198 valence electrons. The van der Waals surface area contributed by atoms with Gasteiger partial charge in [0.1, 0.15) is 22.3 Å². The highest BCUT2D eigenvalue weighted by Crippen LogP contribution is 2.24. The standard InChI is InChI=1S/C28H25N5O6/c1-3-4-14-29-28-30-25-22(26(36)33(28)18-11-6-5-7-12-18)21(16(2)38-25)24(35)32-31-23(34)19-15-17-10-8-9-13-20(17)39-27(19)37/h5-13,15H,3-4,14H2,1-2H3,(H,29,30)(H,31,34)(H,32,35). The highest BCUT2D eigenvalue weighted by molar-refractivity contribution is 6.07. The number of para-hydroxylation sites is 2. The number of unbranched alkanes of at least 4 members (excludes halogenated alkanes) is 1. The molecule has 0 aliphatic heterocycles. The molecule has 3 N–H and O–H groups in total. The molecule has 39 heavy (non-hydrogen) atoms. The van der Waals surface area contributed by atoms with Crippen LogP contribution in [0.1, 0.15) is 46.2 Å². The zero-order valence-electron chi connectivity index (χ0n) is 21.2. The van der Waals surface area contributed by atoms with Crippen molar-refractivity contribution in [2.45, 2.75) is 26.7 Å². The number of benzene rings is 2. The van der Waals surface area contributed by atoms with Crippen molar-refractivity contribution in [1.29, 1.82) is 0 Å². The van der Waals surface area contributed by atoms with Gasteiger partial charge in [0.25, 0.3) is 17.4 Å². The number of hydrogen-bond acceptors (Lipinski definition) is 8. The van der Waals surface area contributed by atoms with Crippen LogP contribution in [-0.4, -0.2) is 27.9 Å². The molecule has 0 saturated carbocycles. The lowest BCUT2D eigenvalue weighted by Crippen LogP contribution is -2.43. The van der Waals surface area contributed by atoms with Gasteiger partial charge in [-0.3, -0.25) is 25.2 Å². The van der Waals surface area contributed by atoms with E-state index in [-0.39, 0.29) is 33.9 Å². The summed E-state index contributed by atoms with van der Waals surface area (Å²) in [6.45, 7) is 4.16. The second-order valence-electron chi connectivity index (χ2n) is 8.80. The summed E-state index contributed by atoms with van der Waals surface area (Å²) in [6, 6.07) is 17.0. The number of carbonyl (C=O) groups excluding carboxylic acids is 2. The number of hydrogen-bond donors (Lipinski definition) is 3. The van der Waals surface area contributed by atoms with Crippen molar-refractivity contribution in [3.8, 4) is 5.69 Å². The Morgan fingerprint density at radius 3 is 2.44 bits per heavy atom. The number of aromatic nitrogens is 2. The number of fused-ring (bicyclic) bond motifs is 2. The Bertz CT molecular complexity index is 1820. The lowest BCUT2D eigenvalue weighted by atomic mass is 10.1. The van der Waals surface area contributed by atoms with Crippen molar-refractivity contribution < 1.29 is 18.4 Å². The van der Waals surface area contributed by atoms with Crippen LogP contribution in [-0.2, 0) is 0 Å². The van der Waals surface area contributed by atoms with Crippen LogP contribution in [0.15, 0.2) is 79.1 Å². The number of aryl methyl sites for hydroxylation is 1. The van der Waals surface area contributed by atoms with E-state index in [9.17, 15) is 19.2 Å². The summed E-state index contributed by atoms with van der Waals surface area (Å²) in [5.41, 5.74) is 3.59. The zero-order valence-corrected chi connectivity index (χ0v) is 21.2. The van der Waals surface area contributed by atoms with E-state index in [1.165, 1.54) is 17.6 Å². The van der Waals surface area contributed by atoms with E-state index >= 15 is 0 Å². The smallest absolute Gasteiger partial charge is 0.349 e. The predicted molar refractivity (Wildman–Crippen MR) is 145 cm³/mol. The van der Waals surface area contributed by atoms with Crippen LogP contribution in [0, 0.1) is 6.92 Å². The largest absolute Gasteiger partial charge is 0.442 e. The summed E-state index contributed by atoms with van der Waals surface area (Å²) < 4.78 is 12.3. The number of hydrazine groups is 1. The normalized spacial score (nSPS) is 11.0. The van der Waals surface area contributed by atoms with Crippen LogP contribution in [0.4, 0.5) is 5.95 Å². The first-order valence-corrected chi connectivity index (χ1v) is 12.4. The minimum atomic E-state index is -0.879. The number of carbonyl (C=O) groups is 2. The van der Waals surface area contributed by atoms with Crippen LogP contribution in [0.25, 0.3) is 27.8 Å². The highest BCUT2D eigenvalue weighted by atomic mass is 16.4. The summed E-state index contributed by atoms with van der Waals surface area (Å²) in [6.07, 6.45) is 1.81. The molecule has 0 atom stereocenters. The Morgan fingerprint density at radius 2 is 1.67 bits per heavy atom. The molecule has 0 aliphatic carbocycles. The summed E-state index contributed by atoms with van der Waals surface area (Å²) in [7, 11) is 0. The van der Waals surface area contributed by atoms with Crippen LogP contribution in [0.3, 0.4) is 0 Å². The molecule has 0 bridgehead atoms. The summed E-state index contributed by atoms with van der Waals surface area (Å²) in [5, 5.41) is 3.67. The van der Waals surface area contributed by atoms with Gasteiger partial charge in [0.2, 0.25) is 11.7 Å². The molecule has 0 unspecified atom stereocenters. The molecule has 0 spiro atoms. The number of rotatable bonds is 7. The second-order valence-corrected chi connectivity index (χ2v) is 8.80. The number of nitrogens with one attached hydrogen (secondary N) is 3. The second kappa shape index (κ2) is 10.7. The van der Waals surface area contributed by atoms with Crippen molar-refractivity contribution in [2.75, 3.05) is 11.9 Å². The molecule has 0 saturated heterocycles. The van der Waals surface area contributed by atoms with Gasteiger partial charge >= 0.3 is 5.63 Å². The monoisotopic (exact) mass is 527 g/mol. The van der Waals surface area contributed by atoms with E-state index in [4.69, 9.17) is 8.83 Å². The quantitative estimate of drug-likeness (QED) is 0.165. The fourth-order valence-electron chi connectivity index (χ4n) is 4.21. The molecule has 0 radical (unpaired) electrons. The van der Waals surface area contributed by atoms with Gasteiger partial charge in [-0.05, 0) is 37.6 Å². The molecule has 11 heteroatoms. The predicted octanol–water partition coefficient (Wildman–Crippen LogP) is 3.68. The van der Waals surface area contributed by atoms with Crippen LogP contribution < -0.4 is 27.4 Å². The third-order valence-corrected chi connectivity index (χ3v) is 6.13. The first-order chi connectivity index (χ1) is 18.9. The van der Waals surface area contributed by atoms with Gasteiger partial charge in [-0.25, -0.2) is 9.36 Å². The zero-order chi connectivity index (χ0) is 27.5. The maximum Gasteiger partial charge on any atom is 0.349 e. The molecule has 2 aromatic carbocycles. The molecule has 0 aliphatic rings. The SMILES string of the molecule is CCCCNc1nc2oc(C)c(C(=O)NNC(=O)c3cc4ccccc4oc3=O)c2c(=O)n1-c1ccccc1. The maximum atomic E-state index is 13.8. The summed E-state index contributed by atoms with van der Waals surface area (Å²) in [5.74, 6) is -1.27.